The summed E-state index contributed by atoms with van der Waals surface area (Å²) in [5.74, 6) is 0.732. The molecule has 0 spiro atoms. The first-order chi connectivity index (χ1) is 8.56. The summed E-state index contributed by atoms with van der Waals surface area (Å²) in [5.41, 5.74) is 1.11. The molecule has 18 heavy (non-hydrogen) atoms. The Kier molecular flexibility index (Phi) is 4.36. The summed E-state index contributed by atoms with van der Waals surface area (Å²) < 4.78 is 1.28. The van der Waals surface area contributed by atoms with Crippen molar-refractivity contribution >= 4 is 21.6 Å². The van der Waals surface area contributed by atoms with E-state index in [9.17, 15) is 0 Å². The third kappa shape index (κ3) is 3.30. The van der Waals surface area contributed by atoms with Crippen molar-refractivity contribution in [3.8, 4) is 0 Å². The van der Waals surface area contributed by atoms with Crippen LogP contribution in [0.3, 0.4) is 0 Å². The van der Waals surface area contributed by atoms with E-state index in [4.69, 9.17) is 4.98 Å². The van der Waals surface area contributed by atoms with Gasteiger partial charge in [0.05, 0.1) is 16.3 Å². The van der Waals surface area contributed by atoms with Gasteiger partial charge in [0.25, 0.3) is 0 Å². The SMILES string of the molecule is CC(C)CC(C)NC(C)c1nc2ccccc2s1. The number of para-hydroxylation sites is 1. The van der Waals surface area contributed by atoms with Gasteiger partial charge in [-0.1, -0.05) is 26.0 Å². The first-order valence-electron chi connectivity index (χ1n) is 6.67. The van der Waals surface area contributed by atoms with Gasteiger partial charge in [0.2, 0.25) is 0 Å². The number of nitrogens with one attached hydrogen (secondary N) is 1. The van der Waals surface area contributed by atoms with Gasteiger partial charge < -0.3 is 5.32 Å². The fraction of sp³-hybridized carbons (Fsp3) is 0.533. The highest BCUT2D eigenvalue weighted by atomic mass is 32.1. The summed E-state index contributed by atoms with van der Waals surface area (Å²) in [6.07, 6.45) is 1.20. The van der Waals surface area contributed by atoms with E-state index in [0.29, 0.717) is 12.1 Å². The second kappa shape index (κ2) is 5.81. The number of hydrogen-bond donors (Lipinski definition) is 1. The summed E-state index contributed by atoms with van der Waals surface area (Å²) >= 11 is 1.79. The van der Waals surface area contributed by atoms with Crippen LogP contribution >= 0.6 is 11.3 Å². The molecule has 2 unspecified atom stereocenters. The lowest BCUT2D eigenvalue weighted by Gasteiger charge is -2.19. The summed E-state index contributed by atoms with van der Waals surface area (Å²) in [6, 6.07) is 9.21. The molecular weight excluding hydrogens is 240 g/mol. The lowest BCUT2D eigenvalue weighted by Crippen LogP contribution is -2.30. The molecule has 1 heterocycles. The fourth-order valence-electron chi connectivity index (χ4n) is 2.35. The lowest BCUT2D eigenvalue weighted by atomic mass is 10.0. The number of hydrogen-bond acceptors (Lipinski definition) is 3. The van der Waals surface area contributed by atoms with E-state index in [-0.39, 0.29) is 0 Å². The van der Waals surface area contributed by atoms with Gasteiger partial charge in [-0.05, 0) is 38.3 Å². The topological polar surface area (TPSA) is 24.9 Å². The van der Waals surface area contributed by atoms with Crippen molar-refractivity contribution < 1.29 is 0 Å². The molecule has 2 nitrogen and oxygen atoms in total. The van der Waals surface area contributed by atoms with Gasteiger partial charge in [-0.3, -0.25) is 0 Å². The van der Waals surface area contributed by atoms with Gasteiger partial charge in [0, 0.05) is 6.04 Å². The summed E-state index contributed by atoms with van der Waals surface area (Å²) in [7, 11) is 0. The molecule has 1 aromatic carbocycles. The monoisotopic (exact) mass is 262 g/mol. The molecule has 98 valence electrons. The maximum Gasteiger partial charge on any atom is 0.111 e. The lowest BCUT2D eigenvalue weighted by molar-refractivity contribution is 0.406. The largest absolute Gasteiger partial charge is 0.306 e. The second-order valence-corrected chi connectivity index (χ2v) is 6.50. The Labute approximate surface area is 113 Å². The van der Waals surface area contributed by atoms with Crippen LogP contribution in [0.1, 0.15) is 45.2 Å². The third-order valence-corrected chi connectivity index (χ3v) is 4.26. The molecule has 0 bridgehead atoms. The van der Waals surface area contributed by atoms with Crippen molar-refractivity contribution in [3.63, 3.8) is 0 Å². The van der Waals surface area contributed by atoms with E-state index >= 15 is 0 Å². The van der Waals surface area contributed by atoms with E-state index in [2.05, 4.69) is 51.2 Å². The van der Waals surface area contributed by atoms with Gasteiger partial charge in [-0.25, -0.2) is 4.98 Å². The first kappa shape index (κ1) is 13.5. The van der Waals surface area contributed by atoms with E-state index < -0.39 is 0 Å². The van der Waals surface area contributed by atoms with Crippen LogP contribution < -0.4 is 5.32 Å². The highest BCUT2D eigenvalue weighted by Gasteiger charge is 2.14. The summed E-state index contributed by atoms with van der Waals surface area (Å²) in [4.78, 5) is 4.70. The fourth-order valence-corrected chi connectivity index (χ4v) is 3.33. The maximum absolute atomic E-state index is 4.70. The van der Waals surface area contributed by atoms with Crippen LogP contribution in [-0.4, -0.2) is 11.0 Å². The number of thiazole rings is 1. The highest BCUT2D eigenvalue weighted by molar-refractivity contribution is 7.18. The first-order valence-corrected chi connectivity index (χ1v) is 7.49. The Balaban J connectivity index is 2.06. The van der Waals surface area contributed by atoms with Crippen LogP contribution in [0.25, 0.3) is 10.2 Å². The van der Waals surface area contributed by atoms with Crippen LogP contribution in [-0.2, 0) is 0 Å². The quantitative estimate of drug-likeness (QED) is 0.865. The van der Waals surface area contributed by atoms with Crippen molar-refractivity contribution in [2.45, 2.75) is 46.2 Å². The van der Waals surface area contributed by atoms with E-state index in [1.54, 1.807) is 11.3 Å². The molecule has 0 saturated heterocycles. The molecule has 0 aliphatic heterocycles. The predicted octanol–water partition coefficient (Wildman–Crippen LogP) is 4.38. The summed E-state index contributed by atoms with van der Waals surface area (Å²) in [6.45, 7) is 8.99. The zero-order chi connectivity index (χ0) is 13.1. The van der Waals surface area contributed by atoms with Crippen molar-refractivity contribution in [1.29, 1.82) is 0 Å². The van der Waals surface area contributed by atoms with E-state index in [1.807, 2.05) is 6.07 Å². The Morgan fingerprint density at radius 1 is 1.17 bits per heavy atom. The number of fused-ring (bicyclic) bond motifs is 1. The van der Waals surface area contributed by atoms with Crippen molar-refractivity contribution in [3.05, 3.63) is 29.3 Å². The molecular formula is C15H22N2S. The molecule has 0 amide bonds. The Morgan fingerprint density at radius 2 is 1.89 bits per heavy atom. The van der Waals surface area contributed by atoms with Gasteiger partial charge >= 0.3 is 0 Å². The average Bonchev–Trinajstić information content (AvgIpc) is 2.71. The molecule has 1 aromatic heterocycles. The van der Waals surface area contributed by atoms with Crippen molar-refractivity contribution in [2.75, 3.05) is 0 Å². The van der Waals surface area contributed by atoms with Crippen LogP contribution in [0.4, 0.5) is 0 Å². The summed E-state index contributed by atoms with van der Waals surface area (Å²) in [5, 5.41) is 4.82. The Morgan fingerprint density at radius 3 is 2.56 bits per heavy atom. The number of benzene rings is 1. The zero-order valence-electron chi connectivity index (χ0n) is 11.6. The molecule has 2 atom stereocenters. The van der Waals surface area contributed by atoms with Crippen molar-refractivity contribution in [2.24, 2.45) is 5.92 Å². The zero-order valence-corrected chi connectivity index (χ0v) is 12.4. The van der Waals surface area contributed by atoms with Crippen LogP contribution in [0, 0.1) is 5.92 Å². The van der Waals surface area contributed by atoms with E-state index in [1.165, 1.54) is 16.1 Å². The molecule has 3 heteroatoms. The minimum atomic E-state index is 0.330. The minimum absolute atomic E-state index is 0.330. The number of nitrogens with zero attached hydrogens (tertiary/aromatic N) is 1. The molecule has 2 rings (SSSR count). The standard InChI is InChI=1S/C15H22N2S/c1-10(2)9-11(3)16-12(4)15-17-13-7-5-6-8-14(13)18-15/h5-8,10-12,16H,9H2,1-4H3. The predicted molar refractivity (Wildman–Crippen MR) is 80.1 cm³/mol. The van der Waals surface area contributed by atoms with Gasteiger partial charge in [-0.2, -0.15) is 0 Å². The van der Waals surface area contributed by atoms with Crippen LogP contribution in [0.2, 0.25) is 0 Å². The molecule has 0 aliphatic carbocycles. The van der Waals surface area contributed by atoms with Gasteiger partial charge in [0.15, 0.2) is 0 Å². The molecule has 0 fully saturated rings. The smallest absolute Gasteiger partial charge is 0.111 e. The van der Waals surface area contributed by atoms with Gasteiger partial charge in [-0.15, -0.1) is 11.3 Å². The second-order valence-electron chi connectivity index (χ2n) is 5.44. The van der Waals surface area contributed by atoms with E-state index in [0.717, 1.165) is 11.4 Å². The minimum Gasteiger partial charge on any atom is -0.306 e. The molecule has 2 aromatic rings. The molecule has 0 radical (unpaired) electrons. The molecule has 0 saturated carbocycles. The number of rotatable bonds is 5. The van der Waals surface area contributed by atoms with Crippen LogP contribution in [0.5, 0.6) is 0 Å². The third-order valence-electron chi connectivity index (χ3n) is 3.04. The molecule has 0 aliphatic rings. The molecule has 1 N–H and O–H groups in total. The van der Waals surface area contributed by atoms with Crippen molar-refractivity contribution in [1.82, 2.24) is 10.3 Å². The Bertz CT molecular complexity index is 471. The highest BCUT2D eigenvalue weighted by Crippen LogP contribution is 2.26. The maximum atomic E-state index is 4.70. The normalized spacial score (nSPS) is 15.2. The van der Waals surface area contributed by atoms with Crippen LogP contribution in [0.15, 0.2) is 24.3 Å². The Hall–Kier alpha value is -0.930. The van der Waals surface area contributed by atoms with Gasteiger partial charge in [0.1, 0.15) is 5.01 Å². The number of aromatic nitrogens is 1. The average molecular weight is 262 g/mol.